The average molecular weight is 187 g/mol. The zero-order valence-corrected chi connectivity index (χ0v) is 8.31. The SMILES string of the molecule is CNc1nnc(COC(C)C)s1. The topological polar surface area (TPSA) is 47.0 Å². The summed E-state index contributed by atoms with van der Waals surface area (Å²) in [5, 5.41) is 12.5. The van der Waals surface area contributed by atoms with Crippen molar-refractivity contribution >= 4 is 16.5 Å². The molecule has 0 radical (unpaired) electrons. The van der Waals surface area contributed by atoms with E-state index in [1.807, 2.05) is 20.9 Å². The van der Waals surface area contributed by atoms with Crippen LogP contribution in [0.25, 0.3) is 0 Å². The fraction of sp³-hybridized carbons (Fsp3) is 0.714. The van der Waals surface area contributed by atoms with Crippen LogP contribution in [0.15, 0.2) is 0 Å². The molecule has 4 nitrogen and oxygen atoms in total. The second-order valence-corrected chi connectivity index (χ2v) is 3.67. The lowest BCUT2D eigenvalue weighted by Gasteiger charge is -2.02. The zero-order chi connectivity index (χ0) is 8.97. The standard InChI is InChI=1S/C7H13N3OS/c1-5(2)11-4-6-9-10-7(8-3)12-6/h5H,4H2,1-3H3,(H,8,10). The number of hydrogen-bond donors (Lipinski definition) is 1. The van der Waals surface area contributed by atoms with E-state index >= 15 is 0 Å². The molecule has 1 aromatic heterocycles. The van der Waals surface area contributed by atoms with Crippen molar-refractivity contribution < 1.29 is 4.74 Å². The molecule has 0 aliphatic heterocycles. The molecule has 1 aromatic rings. The van der Waals surface area contributed by atoms with E-state index in [9.17, 15) is 0 Å². The highest BCUT2D eigenvalue weighted by molar-refractivity contribution is 7.15. The number of ether oxygens (including phenoxy) is 1. The molecule has 5 heteroatoms. The summed E-state index contributed by atoms with van der Waals surface area (Å²) in [6.45, 7) is 4.55. The molecule has 0 aliphatic rings. The Morgan fingerprint density at radius 1 is 1.50 bits per heavy atom. The summed E-state index contributed by atoms with van der Waals surface area (Å²) in [6, 6.07) is 0. The lowest BCUT2D eigenvalue weighted by atomic mass is 10.5. The van der Waals surface area contributed by atoms with Crippen molar-refractivity contribution in [3.63, 3.8) is 0 Å². The van der Waals surface area contributed by atoms with Crippen LogP contribution in [-0.4, -0.2) is 23.3 Å². The van der Waals surface area contributed by atoms with Crippen molar-refractivity contribution in [3.05, 3.63) is 5.01 Å². The molecule has 1 N–H and O–H groups in total. The van der Waals surface area contributed by atoms with Crippen molar-refractivity contribution in [2.45, 2.75) is 26.6 Å². The van der Waals surface area contributed by atoms with Gasteiger partial charge in [0, 0.05) is 7.05 Å². The first-order chi connectivity index (χ1) is 5.72. The van der Waals surface area contributed by atoms with Gasteiger partial charge in [0.2, 0.25) is 5.13 Å². The Kier molecular flexibility index (Phi) is 3.43. The minimum atomic E-state index is 0.243. The zero-order valence-electron chi connectivity index (χ0n) is 7.50. The van der Waals surface area contributed by atoms with Crippen LogP contribution in [0, 0.1) is 0 Å². The van der Waals surface area contributed by atoms with Gasteiger partial charge in [-0.15, -0.1) is 10.2 Å². The number of aromatic nitrogens is 2. The number of rotatable bonds is 4. The Hall–Kier alpha value is -0.680. The van der Waals surface area contributed by atoms with Gasteiger partial charge in [-0.1, -0.05) is 11.3 Å². The third-order valence-electron chi connectivity index (χ3n) is 1.22. The van der Waals surface area contributed by atoms with E-state index in [2.05, 4.69) is 15.5 Å². The molecular weight excluding hydrogens is 174 g/mol. The molecule has 0 saturated heterocycles. The number of anilines is 1. The minimum Gasteiger partial charge on any atom is -0.372 e. The molecule has 0 aromatic carbocycles. The quantitative estimate of drug-likeness (QED) is 0.776. The summed E-state index contributed by atoms with van der Waals surface area (Å²) in [7, 11) is 1.83. The van der Waals surface area contributed by atoms with Crippen molar-refractivity contribution in [1.82, 2.24) is 10.2 Å². The van der Waals surface area contributed by atoms with E-state index in [0.29, 0.717) is 6.61 Å². The highest BCUT2D eigenvalue weighted by Gasteiger charge is 2.02. The van der Waals surface area contributed by atoms with Crippen LogP contribution in [0.3, 0.4) is 0 Å². The second kappa shape index (κ2) is 4.37. The van der Waals surface area contributed by atoms with Crippen LogP contribution >= 0.6 is 11.3 Å². The Labute approximate surface area is 76.0 Å². The number of hydrogen-bond acceptors (Lipinski definition) is 5. The molecule has 0 spiro atoms. The Morgan fingerprint density at radius 3 is 2.75 bits per heavy atom. The van der Waals surface area contributed by atoms with Crippen molar-refractivity contribution in [1.29, 1.82) is 0 Å². The monoisotopic (exact) mass is 187 g/mol. The smallest absolute Gasteiger partial charge is 0.205 e. The molecule has 0 amide bonds. The van der Waals surface area contributed by atoms with E-state index in [-0.39, 0.29) is 6.10 Å². The Morgan fingerprint density at radius 2 is 2.25 bits per heavy atom. The molecule has 68 valence electrons. The minimum absolute atomic E-state index is 0.243. The van der Waals surface area contributed by atoms with E-state index in [0.717, 1.165) is 10.1 Å². The summed E-state index contributed by atoms with van der Waals surface area (Å²) in [5.41, 5.74) is 0. The molecule has 0 bridgehead atoms. The van der Waals surface area contributed by atoms with Gasteiger partial charge in [-0.05, 0) is 13.8 Å². The molecule has 0 aliphatic carbocycles. The molecule has 1 rings (SSSR count). The Bertz CT molecular complexity index is 236. The van der Waals surface area contributed by atoms with Gasteiger partial charge in [-0.3, -0.25) is 0 Å². The van der Waals surface area contributed by atoms with Crippen molar-refractivity contribution in [2.24, 2.45) is 0 Å². The summed E-state index contributed by atoms with van der Waals surface area (Å²) in [6.07, 6.45) is 0.243. The van der Waals surface area contributed by atoms with Crippen LogP contribution in [0.2, 0.25) is 0 Å². The molecule has 0 unspecified atom stereocenters. The molecule has 0 atom stereocenters. The van der Waals surface area contributed by atoms with Crippen LogP contribution in [0.1, 0.15) is 18.9 Å². The predicted molar refractivity (Wildman–Crippen MR) is 49.4 cm³/mol. The maximum absolute atomic E-state index is 5.37. The molecular formula is C7H13N3OS. The van der Waals surface area contributed by atoms with Crippen LogP contribution < -0.4 is 5.32 Å². The first kappa shape index (κ1) is 9.41. The van der Waals surface area contributed by atoms with Gasteiger partial charge in [-0.25, -0.2) is 0 Å². The van der Waals surface area contributed by atoms with E-state index < -0.39 is 0 Å². The lowest BCUT2D eigenvalue weighted by molar-refractivity contribution is 0.0652. The summed E-state index contributed by atoms with van der Waals surface area (Å²) >= 11 is 1.52. The fourth-order valence-corrected chi connectivity index (χ4v) is 1.27. The first-order valence-electron chi connectivity index (χ1n) is 3.84. The molecule has 1 heterocycles. The van der Waals surface area contributed by atoms with Gasteiger partial charge in [-0.2, -0.15) is 0 Å². The van der Waals surface area contributed by atoms with Gasteiger partial charge in [0.25, 0.3) is 0 Å². The predicted octanol–water partition coefficient (Wildman–Crippen LogP) is 1.50. The fourth-order valence-electron chi connectivity index (χ4n) is 0.651. The lowest BCUT2D eigenvalue weighted by Crippen LogP contribution is -2.01. The number of nitrogens with one attached hydrogen (secondary N) is 1. The molecule has 0 saturated carbocycles. The Balaban J connectivity index is 2.41. The van der Waals surface area contributed by atoms with Gasteiger partial charge < -0.3 is 10.1 Å². The maximum atomic E-state index is 5.37. The third-order valence-corrected chi connectivity index (χ3v) is 2.14. The van der Waals surface area contributed by atoms with Gasteiger partial charge >= 0.3 is 0 Å². The van der Waals surface area contributed by atoms with Crippen molar-refractivity contribution in [2.75, 3.05) is 12.4 Å². The first-order valence-corrected chi connectivity index (χ1v) is 4.65. The summed E-state index contributed by atoms with van der Waals surface area (Å²) in [4.78, 5) is 0. The largest absolute Gasteiger partial charge is 0.372 e. The van der Waals surface area contributed by atoms with Crippen LogP contribution in [0.5, 0.6) is 0 Å². The van der Waals surface area contributed by atoms with Gasteiger partial charge in [0.05, 0.1) is 6.10 Å². The van der Waals surface area contributed by atoms with Gasteiger partial charge in [0.1, 0.15) is 11.6 Å². The van der Waals surface area contributed by atoms with E-state index in [1.54, 1.807) is 0 Å². The third kappa shape index (κ3) is 2.75. The van der Waals surface area contributed by atoms with Crippen LogP contribution in [0.4, 0.5) is 5.13 Å². The highest BCUT2D eigenvalue weighted by Crippen LogP contribution is 2.15. The van der Waals surface area contributed by atoms with Crippen LogP contribution in [-0.2, 0) is 11.3 Å². The molecule has 12 heavy (non-hydrogen) atoms. The second-order valence-electron chi connectivity index (χ2n) is 2.61. The molecule has 0 fully saturated rings. The van der Waals surface area contributed by atoms with E-state index in [4.69, 9.17) is 4.74 Å². The van der Waals surface area contributed by atoms with E-state index in [1.165, 1.54) is 11.3 Å². The van der Waals surface area contributed by atoms with Crippen molar-refractivity contribution in [3.8, 4) is 0 Å². The summed E-state index contributed by atoms with van der Waals surface area (Å²) in [5.74, 6) is 0. The van der Waals surface area contributed by atoms with Gasteiger partial charge in [0.15, 0.2) is 0 Å². The average Bonchev–Trinajstić information content (AvgIpc) is 2.48. The highest BCUT2D eigenvalue weighted by atomic mass is 32.1. The number of nitrogens with zero attached hydrogens (tertiary/aromatic N) is 2. The normalized spacial score (nSPS) is 10.7. The summed E-state index contributed by atoms with van der Waals surface area (Å²) < 4.78 is 5.37. The maximum Gasteiger partial charge on any atom is 0.205 e.